The van der Waals surface area contributed by atoms with Gasteiger partial charge in [0.05, 0.1) is 12.7 Å². The fourth-order valence-electron chi connectivity index (χ4n) is 3.18. The fraction of sp³-hybridized carbons (Fsp3) is 0.571. The van der Waals surface area contributed by atoms with Crippen molar-refractivity contribution in [3.8, 4) is 0 Å². The number of carbonyl (C=O) groups excluding carboxylic acids is 2. The van der Waals surface area contributed by atoms with Gasteiger partial charge in [0.1, 0.15) is 0 Å². The molecule has 1 fully saturated rings. The molecule has 0 bridgehead atoms. The second kappa shape index (κ2) is 12.7. The van der Waals surface area contributed by atoms with E-state index >= 15 is 0 Å². The molecule has 1 aromatic rings. The minimum atomic E-state index is -0.329. The molecular weight excluding hydrogens is 483 g/mol. The Bertz CT molecular complexity index is 692. The molecule has 8 heteroatoms. The monoisotopic (exact) mass is 516 g/mol. The van der Waals surface area contributed by atoms with Crippen LogP contribution in [0.1, 0.15) is 43.1 Å². The van der Waals surface area contributed by atoms with Gasteiger partial charge in [-0.15, -0.1) is 24.0 Å². The van der Waals surface area contributed by atoms with Gasteiger partial charge < -0.3 is 20.3 Å². The van der Waals surface area contributed by atoms with E-state index in [0.717, 1.165) is 44.0 Å². The molecule has 29 heavy (non-hydrogen) atoms. The summed E-state index contributed by atoms with van der Waals surface area (Å²) in [5, 5.41) is 6.71. The van der Waals surface area contributed by atoms with Crippen molar-refractivity contribution >= 4 is 41.8 Å². The Morgan fingerprint density at radius 2 is 1.97 bits per heavy atom. The zero-order chi connectivity index (χ0) is 20.5. The molecule has 0 radical (unpaired) electrons. The highest BCUT2D eigenvalue weighted by molar-refractivity contribution is 14.0. The zero-order valence-corrected chi connectivity index (χ0v) is 20.1. The van der Waals surface area contributed by atoms with Crippen molar-refractivity contribution < 1.29 is 14.3 Å². The van der Waals surface area contributed by atoms with E-state index in [9.17, 15) is 9.59 Å². The van der Waals surface area contributed by atoms with E-state index in [1.165, 1.54) is 7.11 Å². The van der Waals surface area contributed by atoms with Crippen molar-refractivity contribution in [1.82, 2.24) is 15.5 Å². The lowest BCUT2D eigenvalue weighted by Crippen LogP contribution is -2.45. The highest BCUT2D eigenvalue weighted by Gasteiger charge is 2.27. The Morgan fingerprint density at radius 1 is 1.28 bits per heavy atom. The zero-order valence-electron chi connectivity index (χ0n) is 17.7. The minimum absolute atomic E-state index is 0. The van der Waals surface area contributed by atoms with Crippen LogP contribution in [0.15, 0.2) is 29.3 Å². The standard InChI is InChI=1S/C21H32N4O3.HI/c1-5-22-21(24-18-11-13-25(14-18)19(26)15(2)3)23-12-10-16-6-8-17(9-7-16)20(27)28-4;/h6-9,15,18H,5,10-14H2,1-4H3,(H2,22,23,24);1H. The van der Waals surface area contributed by atoms with Crippen molar-refractivity contribution in [1.29, 1.82) is 0 Å². The van der Waals surface area contributed by atoms with Gasteiger partial charge in [0, 0.05) is 38.1 Å². The van der Waals surface area contributed by atoms with Gasteiger partial charge in [0.2, 0.25) is 5.91 Å². The van der Waals surface area contributed by atoms with E-state index < -0.39 is 0 Å². The van der Waals surface area contributed by atoms with Crippen LogP contribution < -0.4 is 10.6 Å². The number of methoxy groups -OCH3 is 1. The number of carbonyl (C=O) groups is 2. The number of nitrogens with zero attached hydrogens (tertiary/aromatic N) is 2. The number of nitrogens with one attached hydrogen (secondary N) is 2. The maximum absolute atomic E-state index is 12.1. The Hall–Kier alpha value is -1.84. The molecule has 0 aromatic heterocycles. The van der Waals surface area contributed by atoms with E-state index in [1.54, 1.807) is 12.1 Å². The average Bonchev–Trinajstić information content (AvgIpc) is 3.15. The Morgan fingerprint density at radius 3 is 2.55 bits per heavy atom. The first-order valence-electron chi connectivity index (χ1n) is 9.95. The third-order valence-corrected chi connectivity index (χ3v) is 4.72. The van der Waals surface area contributed by atoms with E-state index in [4.69, 9.17) is 4.74 Å². The highest BCUT2D eigenvalue weighted by Crippen LogP contribution is 2.13. The number of benzene rings is 1. The molecule has 1 heterocycles. The van der Waals surface area contributed by atoms with Gasteiger partial charge >= 0.3 is 5.97 Å². The van der Waals surface area contributed by atoms with E-state index in [-0.39, 0.29) is 47.8 Å². The van der Waals surface area contributed by atoms with Crippen molar-refractivity contribution in [3.05, 3.63) is 35.4 Å². The molecule has 1 atom stereocenters. The second-order valence-corrected chi connectivity index (χ2v) is 7.27. The van der Waals surface area contributed by atoms with Crippen LogP contribution in [0.3, 0.4) is 0 Å². The number of likely N-dealkylation sites (tertiary alicyclic amines) is 1. The molecule has 1 aliphatic heterocycles. The van der Waals surface area contributed by atoms with Gasteiger partial charge in [-0.2, -0.15) is 0 Å². The maximum Gasteiger partial charge on any atom is 0.337 e. The molecular formula is C21H33IN4O3. The fourth-order valence-corrected chi connectivity index (χ4v) is 3.18. The third-order valence-electron chi connectivity index (χ3n) is 4.72. The molecule has 7 nitrogen and oxygen atoms in total. The van der Waals surface area contributed by atoms with E-state index in [2.05, 4.69) is 15.6 Å². The summed E-state index contributed by atoms with van der Waals surface area (Å²) in [4.78, 5) is 30.2. The SMILES string of the molecule is CCNC(=NCCc1ccc(C(=O)OC)cc1)NC1CCN(C(=O)C(C)C)C1.I. The molecule has 0 aliphatic carbocycles. The Labute approximate surface area is 190 Å². The number of ether oxygens (including phenoxy) is 1. The van der Waals surface area contributed by atoms with Gasteiger partial charge in [-0.1, -0.05) is 26.0 Å². The number of hydrogen-bond donors (Lipinski definition) is 2. The first-order chi connectivity index (χ1) is 13.4. The summed E-state index contributed by atoms with van der Waals surface area (Å²) in [6, 6.07) is 7.61. The van der Waals surface area contributed by atoms with Gasteiger partial charge in [-0.25, -0.2) is 4.79 Å². The number of hydrogen-bond acceptors (Lipinski definition) is 4. The number of esters is 1. The number of guanidine groups is 1. The largest absolute Gasteiger partial charge is 0.465 e. The molecule has 1 saturated heterocycles. The summed E-state index contributed by atoms with van der Waals surface area (Å²) in [6.07, 6.45) is 1.71. The maximum atomic E-state index is 12.1. The van der Waals surface area contributed by atoms with Crippen LogP contribution in [0.2, 0.25) is 0 Å². The number of aliphatic imine (C=N–C) groups is 1. The highest BCUT2D eigenvalue weighted by atomic mass is 127. The van der Waals surface area contributed by atoms with Crippen LogP contribution in [0, 0.1) is 5.92 Å². The van der Waals surface area contributed by atoms with Crippen LogP contribution in [0.5, 0.6) is 0 Å². The lowest BCUT2D eigenvalue weighted by Gasteiger charge is -2.20. The summed E-state index contributed by atoms with van der Waals surface area (Å²) in [5.74, 6) is 0.690. The molecule has 1 aromatic carbocycles. The molecule has 2 rings (SSSR count). The summed E-state index contributed by atoms with van der Waals surface area (Å²) in [5.41, 5.74) is 1.66. The van der Waals surface area contributed by atoms with Gasteiger partial charge in [0.25, 0.3) is 0 Å². The smallest absolute Gasteiger partial charge is 0.337 e. The summed E-state index contributed by atoms with van der Waals surface area (Å²) in [7, 11) is 1.38. The van der Waals surface area contributed by atoms with Crippen LogP contribution >= 0.6 is 24.0 Å². The van der Waals surface area contributed by atoms with Crippen LogP contribution in [0.4, 0.5) is 0 Å². The van der Waals surface area contributed by atoms with Crippen molar-refractivity contribution in [2.24, 2.45) is 10.9 Å². The lowest BCUT2D eigenvalue weighted by molar-refractivity contribution is -0.133. The number of amides is 1. The third kappa shape index (κ3) is 7.83. The Kier molecular flexibility index (Phi) is 11.0. The molecule has 162 valence electrons. The van der Waals surface area contributed by atoms with E-state index in [0.29, 0.717) is 12.1 Å². The van der Waals surface area contributed by atoms with Gasteiger partial charge in [-0.3, -0.25) is 9.79 Å². The molecule has 1 aliphatic rings. The Balaban J connectivity index is 0.00000420. The molecule has 0 saturated carbocycles. The normalized spacial score (nSPS) is 16.4. The van der Waals surface area contributed by atoms with Crippen molar-refractivity contribution in [2.75, 3.05) is 33.3 Å². The van der Waals surface area contributed by atoms with Crippen LogP contribution in [0.25, 0.3) is 0 Å². The predicted molar refractivity (Wildman–Crippen MR) is 126 cm³/mol. The minimum Gasteiger partial charge on any atom is -0.465 e. The predicted octanol–water partition coefficient (Wildman–Crippen LogP) is 2.45. The topological polar surface area (TPSA) is 83.0 Å². The van der Waals surface area contributed by atoms with Crippen molar-refractivity contribution in [2.45, 2.75) is 39.7 Å². The molecule has 1 unspecified atom stereocenters. The first-order valence-corrected chi connectivity index (χ1v) is 9.95. The quantitative estimate of drug-likeness (QED) is 0.252. The lowest BCUT2D eigenvalue weighted by atomic mass is 10.1. The van der Waals surface area contributed by atoms with Crippen LogP contribution in [-0.2, 0) is 16.0 Å². The number of halogens is 1. The molecule has 1 amide bonds. The second-order valence-electron chi connectivity index (χ2n) is 7.27. The molecule has 0 spiro atoms. The first kappa shape index (κ1) is 25.2. The van der Waals surface area contributed by atoms with Gasteiger partial charge in [0.15, 0.2) is 5.96 Å². The van der Waals surface area contributed by atoms with Crippen LogP contribution in [-0.4, -0.2) is 62.1 Å². The summed E-state index contributed by atoms with van der Waals surface area (Å²) >= 11 is 0. The average molecular weight is 516 g/mol. The summed E-state index contributed by atoms with van der Waals surface area (Å²) < 4.78 is 4.71. The van der Waals surface area contributed by atoms with Gasteiger partial charge in [-0.05, 0) is 37.5 Å². The summed E-state index contributed by atoms with van der Waals surface area (Å²) in [6.45, 7) is 8.83. The molecule has 2 N–H and O–H groups in total. The van der Waals surface area contributed by atoms with Crippen molar-refractivity contribution in [3.63, 3.8) is 0 Å². The van der Waals surface area contributed by atoms with E-state index in [1.807, 2.05) is 37.8 Å². The number of rotatable bonds is 7.